The second-order valence-corrected chi connectivity index (χ2v) is 3.75. The second kappa shape index (κ2) is 35.8. The van der Waals surface area contributed by atoms with E-state index < -0.39 is 0 Å². The Kier molecular flexibility index (Phi) is 53.6. The van der Waals surface area contributed by atoms with Crippen LogP contribution in [0.3, 0.4) is 0 Å². The normalized spacial score (nSPS) is 7.15. The van der Waals surface area contributed by atoms with Crippen molar-refractivity contribution in [3.63, 3.8) is 0 Å². The largest absolute Gasteiger partial charge is 0.458 e. The van der Waals surface area contributed by atoms with Gasteiger partial charge in [-0.3, -0.25) is 0 Å². The maximum atomic E-state index is 10.9. The Hall–Kier alpha value is -1.26. The standard InChI is InChI=1S/C11H12O2.C6H6.2CH5N.2CH3.2V/c1-2-6-11(12)13-9-10-7-4-3-5-8-10;1-2-4-6-5-3-1;2*1-2;;;;/h2-8H,9H2,1H3;1-6H;2*2H2,1H3;2*1H3;;/q;;;;2*-1;;. The molecule has 0 atom stereocenters. The van der Waals surface area contributed by atoms with Gasteiger partial charge in [-0.05, 0) is 26.6 Å². The van der Waals surface area contributed by atoms with Gasteiger partial charge in [0.25, 0.3) is 0 Å². The van der Waals surface area contributed by atoms with E-state index in [1.54, 1.807) is 13.0 Å². The molecule has 152 valence electrons. The van der Waals surface area contributed by atoms with Gasteiger partial charge in [-0.2, -0.15) is 0 Å². The summed E-state index contributed by atoms with van der Waals surface area (Å²) in [6.45, 7) is 2.12. The van der Waals surface area contributed by atoms with Crippen molar-refractivity contribution in [1.29, 1.82) is 0 Å². The van der Waals surface area contributed by atoms with Crippen molar-refractivity contribution < 1.29 is 46.6 Å². The van der Waals surface area contributed by atoms with E-state index in [9.17, 15) is 4.79 Å². The maximum Gasteiger partial charge on any atom is 0.330 e. The molecule has 2 aromatic carbocycles. The summed E-state index contributed by atoms with van der Waals surface area (Å²) in [6, 6.07) is 21.6. The van der Waals surface area contributed by atoms with Crippen LogP contribution in [0, 0.1) is 14.9 Å². The van der Waals surface area contributed by atoms with E-state index in [1.165, 1.54) is 20.2 Å². The number of allylic oxidation sites excluding steroid dienone is 1. The van der Waals surface area contributed by atoms with Crippen LogP contribution < -0.4 is 11.5 Å². The smallest absolute Gasteiger partial charge is 0.330 e. The van der Waals surface area contributed by atoms with Crippen molar-refractivity contribution in [3.05, 3.63) is 99.3 Å². The molecule has 6 heteroatoms. The number of carbonyl (C=O) groups excluding carboxylic acids is 1. The van der Waals surface area contributed by atoms with Gasteiger partial charge in [0.15, 0.2) is 0 Å². The quantitative estimate of drug-likeness (QED) is 0.422. The molecule has 0 heterocycles. The number of rotatable bonds is 3. The van der Waals surface area contributed by atoms with Crippen molar-refractivity contribution in [2.45, 2.75) is 13.5 Å². The average Bonchev–Trinajstić information content (AvgIpc) is 2.66. The van der Waals surface area contributed by atoms with E-state index >= 15 is 0 Å². The summed E-state index contributed by atoms with van der Waals surface area (Å²) in [6.07, 6.45) is 3.07. The summed E-state index contributed by atoms with van der Waals surface area (Å²) in [4.78, 5) is 10.9. The van der Waals surface area contributed by atoms with Gasteiger partial charge in [-0.25, -0.2) is 4.79 Å². The minimum atomic E-state index is -0.300. The zero-order chi connectivity index (χ0) is 17.8. The molecule has 0 amide bonds. The van der Waals surface area contributed by atoms with Crippen LogP contribution in [-0.4, -0.2) is 20.1 Å². The van der Waals surface area contributed by atoms with Crippen molar-refractivity contribution in [2.24, 2.45) is 11.5 Å². The van der Waals surface area contributed by atoms with E-state index in [1.807, 2.05) is 66.7 Å². The number of hydrogen-bond donors (Lipinski definition) is 2. The third-order valence-electron chi connectivity index (χ3n) is 2.19. The van der Waals surface area contributed by atoms with Gasteiger partial charge in [0.05, 0.1) is 0 Å². The van der Waals surface area contributed by atoms with E-state index in [-0.39, 0.29) is 57.9 Å². The van der Waals surface area contributed by atoms with Crippen LogP contribution in [0.2, 0.25) is 0 Å². The predicted octanol–water partition coefficient (Wildman–Crippen LogP) is 4.04. The monoisotopic (exact) mass is 448 g/mol. The summed E-state index contributed by atoms with van der Waals surface area (Å²) in [7, 11) is 3.00. The molecule has 0 unspecified atom stereocenters. The third-order valence-corrected chi connectivity index (χ3v) is 2.19. The Morgan fingerprint density at radius 3 is 1.48 bits per heavy atom. The van der Waals surface area contributed by atoms with Crippen molar-refractivity contribution in [3.8, 4) is 0 Å². The molecule has 0 bridgehead atoms. The number of benzene rings is 2. The number of esters is 1. The zero-order valence-electron chi connectivity index (χ0n) is 17.1. The van der Waals surface area contributed by atoms with Crippen LogP contribution in [0.5, 0.6) is 0 Å². The third kappa shape index (κ3) is 29.7. The molecule has 4 N–H and O–H groups in total. The molecule has 2 aromatic rings. The van der Waals surface area contributed by atoms with Gasteiger partial charge < -0.3 is 31.1 Å². The number of hydrogen-bond acceptors (Lipinski definition) is 4. The molecule has 0 aliphatic heterocycles. The molecule has 0 spiro atoms. The molecule has 0 saturated carbocycles. The topological polar surface area (TPSA) is 78.3 Å². The number of ether oxygens (including phenoxy) is 1. The van der Waals surface area contributed by atoms with Crippen LogP contribution in [0.4, 0.5) is 0 Å². The van der Waals surface area contributed by atoms with Crippen molar-refractivity contribution in [2.75, 3.05) is 14.1 Å². The molecule has 4 nitrogen and oxygen atoms in total. The Bertz CT molecular complexity index is 469. The molecule has 2 rings (SSSR count). The van der Waals surface area contributed by atoms with Crippen molar-refractivity contribution >= 4 is 5.97 Å². The molecule has 0 fully saturated rings. The number of carbonyl (C=O) groups is 1. The molecule has 0 aliphatic rings. The minimum absolute atomic E-state index is 0. The Balaban J connectivity index is -0.0000000679. The van der Waals surface area contributed by atoms with Gasteiger partial charge in [0.2, 0.25) is 0 Å². The van der Waals surface area contributed by atoms with Gasteiger partial charge in [-0.15, -0.1) is 0 Å². The summed E-state index contributed by atoms with van der Waals surface area (Å²) in [5.41, 5.74) is 10.0. The van der Waals surface area contributed by atoms with Crippen LogP contribution in [-0.2, 0) is 53.2 Å². The first-order chi connectivity index (χ1) is 11.3. The fourth-order valence-electron chi connectivity index (χ4n) is 1.30. The summed E-state index contributed by atoms with van der Waals surface area (Å²) < 4.78 is 4.94. The van der Waals surface area contributed by atoms with Crippen LogP contribution in [0.25, 0.3) is 0 Å². The summed E-state index contributed by atoms with van der Waals surface area (Å²) >= 11 is 0. The first kappa shape index (κ1) is 40.4. The fourth-order valence-corrected chi connectivity index (χ4v) is 1.30. The fraction of sp³-hybridized carbons (Fsp3) is 0.190. The second-order valence-electron chi connectivity index (χ2n) is 3.75. The van der Waals surface area contributed by atoms with Crippen LogP contribution in [0.1, 0.15) is 12.5 Å². The van der Waals surface area contributed by atoms with Gasteiger partial charge in [0, 0.05) is 43.2 Å². The van der Waals surface area contributed by atoms with E-state index in [4.69, 9.17) is 4.74 Å². The van der Waals surface area contributed by atoms with E-state index in [0.29, 0.717) is 6.61 Å². The van der Waals surface area contributed by atoms with Gasteiger partial charge in [0.1, 0.15) is 6.61 Å². The Labute approximate surface area is 190 Å². The van der Waals surface area contributed by atoms with Crippen molar-refractivity contribution in [1.82, 2.24) is 0 Å². The van der Waals surface area contributed by atoms with Gasteiger partial charge in [-0.1, -0.05) is 72.8 Å². The Morgan fingerprint density at radius 1 is 0.815 bits per heavy atom. The predicted molar refractivity (Wildman–Crippen MR) is 111 cm³/mol. The minimum Gasteiger partial charge on any atom is -0.458 e. The van der Waals surface area contributed by atoms with Gasteiger partial charge >= 0.3 is 5.97 Å². The molecule has 0 saturated heterocycles. The van der Waals surface area contributed by atoms with E-state index in [2.05, 4.69) is 11.5 Å². The number of nitrogens with two attached hydrogens (primary N) is 2. The summed E-state index contributed by atoms with van der Waals surface area (Å²) in [5.74, 6) is -0.300. The molecular weight excluding hydrogens is 414 g/mol. The molecule has 2 radical (unpaired) electrons. The summed E-state index contributed by atoms with van der Waals surface area (Å²) in [5, 5.41) is 0. The SMILES string of the molecule is CC=CC(=O)OCc1ccccc1.CN.CN.[CH3-].[CH3-].[V].[V].c1ccccc1. The molecular formula is C21H34N2O2V2-2. The first-order valence-corrected chi connectivity index (χ1v) is 7.32. The maximum absolute atomic E-state index is 10.9. The molecule has 0 aromatic heterocycles. The molecule has 27 heavy (non-hydrogen) atoms. The van der Waals surface area contributed by atoms with Crippen LogP contribution in [0.15, 0.2) is 78.9 Å². The van der Waals surface area contributed by atoms with Crippen LogP contribution >= 0.6 is 0 Å². The zero-order valence-corrected chi connectivity index (χ0v) is 19.9. The molecule has 0 aliphatic carbocycles. The Morgan fingerprint density at radius 2 is 1.15 bits per heavy atom. The average molecular weight is 448 g/mol. The first-order valence-electron chi connectivity index (χ1n) is 7.32. The van der Waals surface area contributed by atoms with E-state index in [0.717, 1.165) is 5.56 Å².